The minimum Gasteiger partial charge on any atom is -0.497 e. The number of carbonyl (C=O) groups is 4. The van der Waals surface area contributed by atoms with E-state index in [1.165, 1.54) is 35.1 Å². The second-order valence-corrected chi connectivity index (χ2v) is 9.85. The summed E-state index contributed by atoms with van der Waals surface area (Å²) < 4.78 is 18.9. The first-order valence-corrected chi connectivity index (χ1v) is 13.1. The third-order valence-corrected chi connectivity index (χ3v) is 7.28. The van der Waals surface area contributed by atoms with Crippen molar-refractivity contribution in [3.8, 4) is 5.75 Å². The average molecular weight is 541 g/mol. The van der Waals surface area contributed by atoms with Crippen molar-refractivity contribution in [3.05, 3.63) is 59.9 Å². The summed E-state index contributed by atoms with van der Waals surface area (Å²) in [5, 5.41) is 15.0. The molecule has 208 valence electrons. The Labute approximate surface area is 226 Å². The fraction of sp³-hybridized carbons (Fsp3) is 0.429. The Kier molecular flexibility index (Phi) is 9.00. The smallest absolute Gasteiger partial charge is 0.323 e. The van der Waals surface area contributed by atoms with Gasteiger partial charge in [-0.1, -0.05) is 25.3 Å². The molecule has 2 aliphatic rings. The van der Waals surface area contributed by atoms with Crippen LogP contribution in [0.2, 0.25) is 0 Å². The van der Waals surface area contributed by atoms with Crippen LogP contribution < -0.4 is 15.4 Å². The predicted molar refractivity (Wildman–Crippen MR) is 141 cm³/mol. The van der Waals surface area contributed by atoms with Crippen molar-refractivity contribution in [2.24, 2.45) is 5.92 Å². The molecule has 2 aromatic carbocycles. The molecule has 0 aromatic heterocycles. The summed E-state index contributed by atoms with van der Waals surface area (Å²) in [6, 6.07) is 10.4. The number of rotatable bonds is 8. The van der Waals surface area contributed by atoms with Crippen molar-refractivity contribution in [1.29, 1.82) is 0 Å². The molecule has 1 saturated heterocycles. The number of carboxylic acid groups (broad SMARTS) is 1. The molecule has 11 heteroatoms. The molecule has 39 heavy (non-hydrogen) atoms. The van der Waals surface area contributed by atoms with Crippen LogP contribution in [0.5, 0.6) is 5.75 Å². The van der Waals surface area contributed by atoms with Crippen molar-refractivity contribution in [1.82, 2.24) is 15.1 Å². The van der Waals surface area contributed by atoms with Crippen LogP contribution in [-0.4, -0.2) is 71.1 Å². The van der Waals surface area contributed by atoms with Gasteiger partial charge in [0.1, 0.15) is 11.6 Å². The van der Waals surface area contributed by atoms with E-state index in [-0.39, 0.29) is 31.1 Å². The normalized spacial score (nSPS) is 18.4. The number of amides is 4. The maximum Gasteiger partial charge on any atom is 0.323 e. The summed E-state index contributed by atoms with van der Waals surface area (Å²) in [6.45, 7) is 0.126. The Balaban J connectivity index is 1.60. The van der Waals surface area contributed by atoms with Crippen molar-refractivity contribution >= 4 is 29.5 Å². The Morgan fingerprint density at radius 3 is 2.36 bits per heavy atom. The van der Waals surface area contributed by atoms with E-state index in [2.05, 4.69) is 10.6 Å². The van der Waals surface area contributed by atoms with Gasteiger partial charge in [-0.15, -0.1) is 0 Å². The zero-order valence-electron chi connectivity index (χ0n) is 21.8. The number of ether oxygens (including phenoxy) is 1. The molecule has 0 radical (unpaired) electrons. The maximum atomic E-state index is 13.7. The van der Waals surface area contributed by atoms with Gasteiger partial charge in [-0.2, -0.15) is 0 Å². The van der Waals surface area contributed by atoms with Gasteiger partial charge in [-0.05, 0) is 61.2 Å². The molecule has 0 bridgehead atoms. The summed E-state index contributed by atoms with van der Waals surface area (Å²) in [5.41, 5.74) is 0.500. The molecule has 2 atom stereocenters. The average Bonchev–Trinajstić information content (AvgIpc) is 3.38. The number of nitrogens with one attached hydrogen (secondary N) is 2. The largest absolute Gasteiger partial charge is 0.497 e. The third kappa shape index (κ3) is 6.84. The zero-order valence-corrected chi connectivity index (χ0v) is 21.8. The highest BCUT2D eigenvalue weighted by Gasteiger charge is 2.44. The molecule has 1 aliphatic carbocycles. The Morgan fingerprint density at radius 1 is 1.03 bits per heavy atom. The summed E-state index contributed by atoms with van der Waals surface area (Å²) in [6.07, 6.45) is 2.96. The SMILES string of the molecule is COc1ccc(C(=O)N2CCN(C(=O)Nc3cccc(F)c3)C2C(=O)NC(CC(=O)O)C2CCCCC2)cc1. The van der Waals surface area contributed by atoms with Crippen LogP contribution in [0.4, 0.5) is 14.9 Å². The second kappa shape index (κ2) is 12.6. The summed E-state index contributed by atoms with van der Waals surface area (Å²) in [4.78, 5) is 54.6. The van der Waals surface area contributed by atoms with Crippen molar-refractivity contribution in [3.63, 3.8) is 0 Å². The monoisotopic (exact) mass is 540 g/mol. The number of anilines is 1. The van der Waals surface area contributed by atoms with E-state index in [1.807, 2.05) is 0 Å². The Bertz CT molecular complexity index is 1200. The lowest BCUT2D eigenvalue weighted by atomic mass is 9.82. The van der Waals surface area contributed by atoms with Crippen LogP contribution in [0.15, 0.2) is 48.5 Å². The van der Waals surface area contributed by atoms with Gasteiger partial charge in [-0.25, -0.2) is 9.18 Å². The standard InChI is InChI=1S/C28H33FN4O6/c1-39-22-12-10-19(11-13-22)27(37)32-14-15-33(28(38)30-21-9-5-8-20(29)16-21)26(32)25(36)31-23(17-24(34)35)18-6-3-2-4-7-18/h5,8-13,16,18,23,26H,2-4,6-7,14-15,17H2,1H3,(H,30,38)(H,31,36)(H,34,35). The first-order chi connectivity index (χ1) is 18.8. The number of nitrogens with zero attached hydrogens (tertiary/aromatic N) is 2. The fourth-order valence-electron chi connectivity index (χ4n) is 5.31. The second-order valence-electron chi connectivity index (χ2n) is 9.85. The lowest BCUT2D eigenvalue weighted by molar-refractivity contribution is -0.138. The first kappa shape index (κ1) is 27.9. The van der Waals surface area contributed by atoms with Gasteiger partial charge in [0.25, 0.3) is 11.8 Å². The topological polar surface area (TPSA) is 128 Å². The number of benzene rings is 2. The third-order valence-electron chi connectivity index (χ3n) is 7.28. The molecule has 1 heterocycles. The van der Waals surface area contributed by atoms with Gasteiger partial charge in [0.15, 0.2) is 6.17 Å². The van der Waals surface area contributed by atoms with Crippen LogP contribution in [0.3, 0.4) is 0 Å². The number of urea groups is 1. The quantitative estimate of drug-likeness (QED) is 0.469. The number of hydrogen-bond donors (Lipinski definition) is 3. The summed E-state index contributed by atoms with van der Waals surface area (Å²) >= 11 is 0. The van der Waals surface area contributed by atoms with Crippen LogP contribution in [0, 0.1) is 11.7 Å². The molecular weight excluding hydrogens is 507 g/mol. The number of halogens is 1. The number of aliphatic carboxylic acids is 1. The van der Waals surface area contributed by atoms with Crippen molar-refractivity contribution < 1.29 is 33.4 Å². The number of hydrogen-bond acceptors (Lipinski definition) is 5. The van der Waals surface area contributed by atoms with Gasteiger partial charge in [0.05, 0.1) is 13.5 Å². The van der Waals surface area contributed by atoms with E-state index in [1.54, 1.807) is 24.3 Å². The molecule has 2 aromatic rings. The van der Waals surface area contributed by atoms with Crippen LogP contribution in [0.1, 0.15) is 48.9 Å². The van der Waals surface area contributed by atoms with Gasteiger partial charge in [-0.3, -0.25) is 19.3 Å². The summed E-state index contributed by atoms with van der Waals surface area (Å²) in [7, 11) is 1.51. The Morgan fingerprint density at radius 2 is 1.72 bits per heavy atom. The molecule has 2 unspecified atom stereocenters. The molecule has 4 amide bonds. The molecule has 1 saturated carbocycles. The molecule has 10 nitrogen and oxygen atoms in total. The highest BCUT2D eigenvalue weighted by molar-refractivity contribution is 6.00. The van der Waals surface area contributed by atoms with Gasteiger partial charge >= 0.3 is 12.0 Å². The maximum absolute atomic E-state index is 13.7. The lowest BCUT2D eigenvalue weighted by Gasteiger charge is -2.34. The highest BCUT2D eigenvalue weighted by Crippen LogP contribution is 2.29. The number of methoxy groups -OCH3 is 1. The van der Waals surface area contributed by atoms with E-state index in [4.69, 9.17) is 4.74 Å². The van der Waals surface area contributed by atoms with Gasteiger partial charge in [0.2, 0.25) is 0 Å². The number of carboxylic acids is 1. The predicted octanol–water partition coefficient (Wildman–Crippen LogP) is 3.69. The fourth-order valence-corrected chi connectivity index (χ4v) is 5.31. The first-order valence-electron chi connectivity index (χ1n) is 13.1. The minimum absolute atomic E-state index is 0.0134. The highest BCUT2D eigenvalue weighted by atomic mass is 19.1. The van der Waals surface area contributed by atoms with E-state index in [0.29, 0.717) is 11.3 Å². The zero-order chi connectivity index (χ0) is 27.9. The van der Waals surface area contributed by atoms with E-state index >= 15 is 0 Å². The molecule has 3 N–H and O–H groups in total. The van der Waals surface area contributed by atoms with Gasteiger partial charge in [0, 0.05) is 30.4 Å². The van der Waals surface area contributed by atoms with Crippen LogP contribution >= 0.6 is 0 Å². The van der Waals surface area contributed by atoms with Gasteiger partial charge < -0.3 is 25.4 Å². The van der Waals surface area contributed by atoms with Crippen molar-refractivity contribution in [2.75, 3.05) is 25.5 Å². The molecule has 1 aliphatic heterocycles. The van der Waals surface area contributed by atoms with Crippen LogP contribution in [0.25, 0.3) is 0 Å². The molecule has 0 spiro atoms. The molecule has 2 fully saturated rings. The van der Waals surface area contributed by atoms with Crippen molar-refractivity contribution in [2.45, 2.75) is 50.7 Å². The van der Waals surface area contributed by atoms with E-state index in [0.717, 1.165) is 38.2 Å². The molecular formula is C28H33FN4O6. The Hall–Kier alpha value is -4.15. The van der Waals surface area contributed by atoms with Crippen LogP contribution in [-0.2, 0) is 9.59 Å². The van der Waals surface area contributed by atoms with E-state index in [9.17, 15) is 28.7 Å². The molecule has 4 rings (SSSR count). The summed E-state index contributed by atoms with van der Waals surface area (Å²) in [5.74, 6) is -2.14. The number of carbonyl (C=O) groups excluding carboxylic acids is 3. The minimum atomic E-state index is -1.33. The van der Waals surface area contributed by atoms with E-state index < -0.39 is 41.8 Å². The lowest BCUT2D eigenvalue weighted by Crippen LogP contribution is -2.57.